The second kappa shape index (κ2) is 10.5. The normalized spacial score (nSPS) is 17.1. The van der Waals surface area contributed by atoms with E-state index >= 15 is 0 Å². The van der Waals surface area contributed by atoms with E-state index in [1.165, 1.54) is 0 Å². The lowest BCUT2D eigenvalue weighted by Crippen LogP contribution is -2.33. The number of rotatable bonds is 7. The fourth-order valence-electron chi connectivity index (χ4n) is 4.72. The number of aromatic nitrogens is 3. The Kier molecular flexibility index (Phi) is 7.01. The van der Waals surface area contributed by atoms with E-state index in [1.54, 1.807) is 6.20 Å². The fourth-order valence-corrected chi connectivity index (χ4v) is 5.05. The van der Waals surface area contributed by atoms with Crippen molar-refractivity contribution in [1.29, 1.82) is 0 Å². The molecule has 5 rings (SSSR count). The third kappa shape index (κ3) is 5.24. The van der Waals surface area contributed by atoms with Gasteiger partial charge in [0.25, 0.3) is 0 Å². The largest absolute Gasteiger partial charge is 0.352 e. The summed E-state index contributed by atoms with van der Waals surface area (Å²) in [6, 6.07) is 19.8. The summed E-state index contributed by atoms with van der Waals surface area (Å²) in [4.78, 5) is 24.3. The van der Waals surface area contributed by atoms with Crippen molar-refractivity contribution in [3.8, 4) is 5.82 Å². The first-order valence-corrected chi connectivity index (χ1v) is 12.8. The van der Waals surface area contributed by atoms with E-state index in [-0.39, 0.29) is 18.0 Å². The highest BCUT2D eigenvalue weighted by atomic mass is 32.1. The van der Waals surface area contributed by atoms with Gasteiger partial charge in [0.2, 0.25) is 5.91 Å². The Labute approximate surface area is 222 Å². The number of nitrogens with zero attached hydrogens (tertiary/aromatic N) is 4. The van der Waals surface area contributed by atoms with E-state index in [2.05, 4.69) is 42.2 Å². The summed E-state index contributed by atoms with van der Waals surface area (Å²) in [6.07, 6.45) is 5.96. The average molecular weight is 511 g/mol. The van der Waals surface area contributed by atoms with Gasteiger partial charge in [-0.25, -0.2) is 4.98 Å². The number of anilines is 1. The highest BCUT2D eigenvalue weighted by molar-refractivity contribution is 7.80. The van der Waals surface area contributed by atoms with Crippen LogP contribution in [0.15, 0.2) is 79.3 Å². The van der Waals surface area contributed by atoms with Crippen molar-refractivity contribution in [3.05, 3.63) is 107 Å². The van der Waals surface area contributed by atoms with Gasteiger partial charge < -0.3 is 20.1 Å². The summed E-state index contributed by atoms with van der Waals surface area (Å²) in [5.74, 6) is 0.780. The molecule has 188 valence electrons. The summed E-state index contributed by atoms with van der Waals surface area (Å²) in [7, 11) is 0. The summed E-state index contributed by atoms with van der Waals surface area (Å²) in [5.41, 5.74) is 6.00. The van der Waals surface area contributed by atoms with Crippen LogP contribution in [0.3, 0.4) is 0 Å². The van der Waals surface area contributed by atoms with E-state index in [9.17, 15) is 4.79 Å². The number of hydrogen-bond acceptors (Lipinski definition) is 4. The van der Waals surface area contributed by atoms with Gasteiger partial charge >= 0.3 is 0 Å². The molecule has 0 spiro atoms. The van der Waals surface area contributed by atoms with Gasteiger partial charge in [0.15, 0.2) is 5.11 Å². The fraction of sp³-hybridized carbons (Fsp3) is 0.241. The van der Waals surface area contributed by atoms with Crippen LogP contribution in [0.2, 0.25) is 0 Å². The third-order valence-corrected chi connectivity index (χ3v) is 7.02. The quantitative estimate of drug-likeness (QED) is 0.333. The second-order valence-electron chi connectivity index (χ2n) is 9.43. The molecule has 4 heterocycles. The van der Waals surface area contributed by atoms with Gasteiger partial charge in [-0.2, -0.15) is 0 Å². The summed E-state index contributed by atoms with van der Waals surface area (Å²) < 4.78 is 2.08. The van der Waals surface area contributed by atoms with E-state index in [1.807, 2.05) is 81.7 Å². The molecule has 1 aliphatic rings. The van der Waals surface area contributed by atoms with Gasteiger partial charge in [0.05, 0.1) is 17.8 Å². The molecule has 3 aromatic heterocycles. The van der Waals surface area contributed by atoms with Crippen LogP contribution in [-0.2, 0) is 4.79 Å². The molecule has 1 amide bonds. The van der Waals surface area contributed by atoms with Crippen LogP contribution in [0, 0.1) is 20.8 Å². The van der Waals surface area contributed by atoms with Gasteiger partial charge in [-0.15, -0.1) is 0 Å². The van der Waals surface area contributed by atoms with Gasteiger partial charge in [0.1, 0.15) is 5.82 Å². The summed E-state index contributed by atoms with van der Waals surface area (Å²) >= 11 is 5.80. The van der Waals surface area contributed by atoms with Crippen LogP contribution in [0.25, 0.3) is 5.82 Å². The molecule has 1 aromatic carbocycles. The van der Waals surface area contributed by atoms with Crippen molar-refractivity contribution < 1.29 is 4.79 Å². The van der Waals surface area contributed by atoms with Gasteiger partial charge in [0, 0.05) is 42.9 Å². The molecule has 0 saturated carbocycles. The molecule has 0 bridgehead atoms. The van der Waals surface area contributed by atoms with E-state index in [0.717, 1.165) is 39.6 Å². The standard InChI is InChI=1S/C29H30N6OS/c1-19-9-11-21(3)23(17-19)32-26(36)13-16-35-28(27(33-29(35)37)22-7-4-5-14-30-22)24-8-6-15-34(24)25-12-10-20(2)18-31-25/h4-12,14-15,17-18,27-28H,13,16H2,1-3H3,(H,32,36)(H,33,37). The van der Waals surface area contributed by atoms with E-state index in [0.29, 0.717) is 18.1 Å². The molecule has 1 saturated heterocycles. The Morgan fingerprint density at radius 1 is 1.03 bits per heavy atom. The first kappa shape index (κ1) is 24.6. The van der Waals surface area contributed by atoms with E-state index in [4.69, 9.17) is 12.2 Å². The number of thiocarbonyl (C=S) groups is 1. The number of carbonyl (C=O) groups excluding carboxylic acids is 1. The molecule has 1 aliphatic heterocycles. The Hall–Kier alpha value is -4.04. The minimum Gasteiger partial charge on any atom is -0.352 e. The lowest BCUT2D eigenvalue weighted by atomic mass is 10.0. The smallest absolute Gasteiger partial charge is 0.226 e. The maximum atomic E-state index is 13.0. The van der Waals surface area contributed by atoms with Crippen molar-refractivity contribution in [2.45, 2.75) is 39.3 Å². The van der Waals surface area contributed by atoms with E-state index < -0.39 is 0 Å². The molecule has 7 nitrogen and oxygen atoms in total. The SMILES string of the molecule is Cc1ccc(-n2cccc2C2C(c3ccccn3)NC(=S)N2CCC(=O)Nc2cc(C)ccc2C)nc1. The van der Waals surface area contributed by atoms with Crippen molar-refractivity contribution in [2.24, 2.45) is 0 Å². The minimum atomic E-state index is -0.172. The summed E-state index contributed by atoms with van der Waals surface area (Å²) in [5, 5.41) is 7.14. The van der Waals surface area contributed by atoms with Crippen LogP contribution in [0.5, 0.6) is 0 Å². The molecule has 2 unspecified atom stereocenters. The molecule has 0 aliphatic carbocycles. The molecular weight excluding hydrogens is 480 g/mol. The number of amides is 1. The van der Waals surface area contributed by atoms with Crippen LogP contribution < -0.4 is 10.6 Å². The molecule has 1 fully saturated rings. The number of pyridine rings is 2. The predicted molar refractivity (Wildman–Crippen MR) is 150 cm³/mol. The first-order valence-electron chi connectivity index (χ1n) is 12.4. The van der Waals surface area contributed by atoms with Crippen LogP contribution in [0.1, 0.15) is 46.6 Å². The maximum Gasteiger partial charge on any atom is 0.226 e. The molecule has 2 atom stereocenters. The molecule has 2 N–H and O–H groups in total. The number of aryl methyl sites for hydroxylation is 3. The third-order valence-electron chi connectivity index (χ3n) is 6.67. The van der Waals surface area contributed by atoms with Crippen molar-refractivity contribution in [1.82, 2.24) is 24.8 Å². The maximum absolute atomic E-state index is 13.0. The second-order valence-corrected chi connectivity index (χ2v) is 9.82. The Morgan fingerprint density at radius 3 is 2.62 bits per heavy atom. The lowest BCUT2D eigenvalue weighted by molar-refractivity contribution is -0.116. The molecular formula is C29H30N6OS. The Morgan fingerprint density at radius 2 is 1.86 bits per heavy atom. The molecule has 0 radical (unpaired) electrons. The Bertz CT molecular complexity index is 1420. The Balaban J connectivity index is 1.44. The zero-order valence-electron chi connectivity index (χ0n) is 21.2. The zero-order chi connectivity index (χ0) is 25.9. The first-order chi connectivity index (χ1) is 17.9. The average Bonchev–Trinajstić information content (AvgIpc) is 3.50. The van der Waals surface area contributed by atoms with Crippen LogP contribution >= 0.6 is 12.2 Å². The van der Waals surface area contributed by atoms with Gasteiger partial charge in [-0.05, 0) is 86.1 Å². The molecule has 37 heavy (non-hydrogen) atoms. The van der Waals surface area contributed by atoms with Crippen LogP contribution in [-0.4, -0.2) is 37.0 Å². The van der Waals surface area contributed by atoms with Crippen molar-refractivity contribution in [3.63, 3.8) is 0 Å². The number of carbonyl (C=O) groups is 1. The number of benzene rings is 1. The topological polar surface area (TPSA) is 75.1 Å². The monoisotopic (exact) mass is 510 g/mol. The number of nitrogens with one attached hydrogen (secondary N) is 2. The summed E-state index contributed by atoms with van der Waals surface area (Å²) in [6.45, 7) is 6.50. The molecule has 8 heteroatoms. The highest BCUT2D eigenvalue weighted by Crippen LogP contribution is 2.39. The highest BCUT2D eigenvalue weighted by Gasteiger charge is 2.41. The molecule has 4 aromatic rings. The van der Waals surface area contributed by atoms with Crippen molar-refractivity contribution in [2.75, 3.05) is 11.9 Å². The van der Waals surface area contributed by atoms with Crippen molar-refractivity contribution >= 4 is 28.9 Å². The minimum absolute atomic E-state index is 0.0490. The van der Waals surface area contributed by atoms with Gasteiger partial charge in [-0.3, -0.25) is 9.78 Å². The lowest BCUT2D eigenvalue weighted by Gasteiger charge is -2.28. The zero-order valence-corrected chi connectivity index (χ0v) is 22.0. The van der Waals surface area contributed by atoms with Crippen LogP contribution in [0.4, 0.5) is 5.69 Å². The predicted octanol–water partition coefficient (Wildman–Crippen LogP) is 5.19. The number of hydrogen-bond donors (Lipinski definition) is 2. The van der Waals surface area contributed by atoms with Gasteiger partial charge in [-0.1, -0.05) is 24.3 Å².